The molecule has 3 rings (SSSR count). The largest absolute Gasteiger partial charge is 0.367 e. The highest BCUT2D eigenvalue weighted by Crippen LogP contribution is 2.32. The van der Waals surface area contributed by atoms with Crippen molar-refractivity contribution < 1.29 is 9.18 Å². The summed E-state index contributed by atoms with van der Waals surface area (Å²) in [5, 5.41) is 11.8. The fraction of sp³-hybridized carbons (Fsp3) is 0.619. The Bertz CT molecular complexity index is 754. The standard InChI is InChI=1S/C21H27Cl2FN4O/c22-17-5-6-18(21(24)20(17)23)28-13-11-27(12-14-28)10-8-15-1-3-16(4-2-15)26-19(29)7-9-25/h5-6,15-16H,1-4,7-8,10-14H2,(H,26,29)/t15-,16-. The third-order valence-electron chi connectivity index (χ3n) is 6.03. The summed E-state index contributed by atoms with van der Waals surface area (Å²) in [6.07, 6.45) is 5.31. The molecule has 0 aromatic heterocycles. The summed E-state index contributed by atoms with van der Waals surface area (Å²) in [5.74, 6) is 0.0862. The van der Waals surface area contributed by atoms with Crippen molar-refractivity contribution in [3.05, 3.63) is 28.0 Å². The van der Waals surface area contributed by atoms with Gasteiger partial charge in [0.25, 0.3) is 0 Å². The highest BCUT2D eigenvalue weighted by atomic mass is 35.5. The second kappa shape index (κ2) is 10.5. The molecule has 2 aliphatic rings. The lowest BCUT2D eigenvalue weighted by Gasteiger charge is -2.37. The number of hydrogen-bond donors (Lipinski definition) is 1. The van der Waals surface area contributed by atoms with Gasteiger partial charge in [-0.25, -0.2) is 4.39 Å². The minimum Gasteiger partial charge on any atom is -0.367 e. The second-order valence-corrected chi connectivity index (χ2v) is 8.72. The van der Waals surface area contributed by atoms with Gasteiger partial charge in [-0.15, -0.1) is 0 Å². The molecular formula is C21H27Cl2FN4O. The smallest absolute Gasteiger partial charge is 0.234 e. The van der Waals surface area contributed by atoms with Crippen LogP contribution in [0.15, 0.2) is 12.1 Å². The van der Waals surface area contributed by atoms with Crippen LogP contribution < -0.4 is 10.2 Å². The summed E-state index contributed by atoms with van der Waals surface area (Å²) in [4.78, 5) is 16.0. The molecule has 0 unspecified atom stereocenters. The van der Waals surface area contributed by atoms with E-state index in [2.05, 4.69) is 10.2 Å². The monoisotopic (exact) mass is 440 g/mol. The molecule has 0 spiro atoms. The first-order chi connectivity index (χ1) is 14.0. The van der Waals surface area contributed by atoms with Crippen molar-refractivity contribution in [2.24, 2.45) is 5.92 Å². The third kappa shape index (κ3) is 5.97. The first kappa shape index (κ1) is 22.1. The number of carbonyl (C=O) groups excluding carboxylic acids is 1. The molecule has 0 bridgehead atoms. The van der Waals surface area contributed by atoms with Crippen LogP contribution in [0.5, 0.6) is 0 Å². The molecule has 8 heteroatoms. The number of rotatable bonds is 6. The minimum absolute atomic E-state index is 0.00832. The first-order valence-corrected chi connectivity index (χ1v) is 11.0. The number of hydrogen-bond acceptors (Lipinski definition) is 4. The molecule has 1 N–H and O–H groups in total. The van der Waals surface area contributed by atoms with Crippen LogP contribution in [0.4, 0.5) is 10.1 Å². The van der Waals surface area contributed by atoms with Crippen molar-refractivity contribution >= 4 is 34.8 Å². The van der Waals surface area contributed by atoms with E-state index in [9.17, 15) is 9.18 Å². The number of carbonyl (C=O) groups is 1. The van der Waals surface area contributed by atoms with Crippen molar-refractivity contribution in [1.82, 2.24) is 10.2 Å². The van der Waals surface area contributed by atoms with Gasteiger partial charge in [0.15, 0.2) is 5.82 Å². The number of benzene rings is 1. The Morgan fingerprint density at radius 2 is 1.86 bits per heavy atom. The molecule has 1 amide bonds. The van der Waals surface area contributed by atoms with E-state index in [0.29, 0.717) is 11.6 Å². The van der Waals surface area contributed by atoms with Crippen LogP contribution in [0, 0.1) is 23.1 Å². The molecule has 0 atom stereocenters. The van der Waals surface area contributed by atoms with Gasteiger partial charge in [-0.3, -0.25) is 9.69 Å². The van der Waals surface area contributed by atoms with Gasteiger partial charge in [-0.1, -0.05) is 23.2 Å². The van der Waals surface area contributed by atoms with Crippen molar-refractivity contribution in [3.8, 4) is 6.07 Å². The number of nitrogens with zero attached hydrogens (tertiary/aromatic N) is 3. The van der Waals surface area contributed by atoms with E-state index in [-0.39, 0.29) is 28.4 Å². The average Bonchev–Trinajstić information content (AvgIpc) is 2.72. The van der Waals surface area contributed by atoms with Crippen LogP contribution in [-0.2, 0) is 4.79 Å². The number of halogens is 3. The van der Waals surface area contributed by atoms with E-state index in [1.807, 2.05) is 11.0 Å². The second-order valence-electron chi connectivity index (χ2n) is 7.93. The average molecular weight is 441 g/mol. The van der Waals surface area contributed by atoms with Crippen LogP contribution in [0.3, 0.4) is 0 Å². The molecule has 0 radical (unpaired) electrons. The molecule has 1 aromatic carbocycles. The lowest BCUT2D eigenvalue weighted by molar-refractivity contribution is -0.121. The Morgan fingerprint density at radius 1 is 1.17 bits per heavy atom. The van der Waals surface area contributed by atoms with Gasteiger partial charge in [0.1, 0.15) is 6.42 Å². The fourth-order valence-electron chi connectivity index (χ4n) is 4.28. The lowest BCUT2D eigenvalue weighted by Crippen LogP contribution is -2.47. The number of amides is 1. The van der Waals surface area contributed by atoms with Crippen LogP contribution in [0.2, 0.25) is 10.0 Å². The van der Waals surface area contributed by atoms with Crippen molar-refractivity contribution in [2.45, 2.75) is 44.6 Å². The predicted molar refractivity (Wildman–Crippen MR) is 114 cm³/mol. The zero-order chi connectivity index (χ0) is 20.8. The number of nitrogens with one attached hydrogen (secondary N) is 1. The molecule has 5 nitrogen and oxygen atoms in total. The van der Waals surface area contributed by atoms with Crippen LogP contribution in [0.25, 0.3) is 0 Å². The number of piperazine rings is 1. The molecule has 1 aliphatic carbocycles. The Morgan fingerprint density at radius 3 is 2.52 bits per heavy atom. The zero-order valence-electron chi connectivity index (χ0n) is 16.5. The van der Waals surface area contributed by atoms with Crippen molar-refractivity contribution in [3.63, 3.8) is 0 Å². The van der Waals surface area contributed by atoms with Gasteiger partial charge in [0.2, 0.25) is 5.91 Å². The predicted octanol–water partition coefficient (Wildman–Crippen LogP) is 4.23. The summed E-state index contributed by atoms with van der Waals surface area (Å²) in [7, 11) is 0. The molecule has 2 fully saturated rings. The fourth-order valence-corrected chi connectivity index (χ4v) is 4.59. The Balaban J connectivity index is 1.37. The SMILES string of the molecule is N#CCC(=O)N[C@H]1CC[C@H](CCN2CCN(c3ccc(Cl)c(Cl)c3F)CC2)CC1. The summed E-state index contributed by atoms with van der Waals surface area (Å²) in [6, 6.07) is 5.46. The van der Waals surface area contributed by atoms with Gasteiger partial charge < -0.3 is 10.2 Å². The molecule has 1 heterocycles. The zero-order valence-corrected chi connectivity index (χ0v) is 18.0. The summed E-state index contributed by atoms with van der Waals surface area (Å²) >= 11 is 11.8. The number of nitriles is 1. The lowest BCUT2D eigenvalue weighted by atomic mass is 9.84. The van der Waals surface area contributed by atoms with E-state index in [1.165, 1.54) is 0 Å². The van der Waals surface area contributed by atoms with Gasteiger partial charge in [0.05, 0.1) is 21.8 Å². The Hall–Kier alpha value is -1.55. The Kier molecular flexibility index (Phi) is 7.99. The summed E-state index contributed by atoms with van der Waals surface area (Å²) < 4.78 is 14.4. The number of anilines is 1. The van der Waals surface area contributed by atoms with E-state index in [4.69, 9.17) is 28.5 Å². The quantitative estimate of drug-likeness (QED) is 0.672. The highest BCUT2D eigenvalue weighted by Gasteiger charge is 2.25. The van der Waals surface area contributed by atoms with E-state index >= 15 is 0 Å². The molecule has 158 valence electrons. The van der Waals surface area contributed by atoms with Crippen molar-refractivity contribution in [2.75, 3.05) is 37.6 Å². The van der Waals surface area contributed by atoms with Gasteiger partial charge in [0, 0.05) is 32.2 Å². The minimum atomic E-state index is -0.439. The third-order valence-corrected chi connectivity index (χ3v) is 6.81. The van der Waals surface area contributed by atoms with Crippen LogP contribution in [-0.4, -0.2) is 49.6 Å². The molecular weight excluding hydrogens is 414 g/mol. The van der Waals surface area contributed by atoms with E-state index in [0.717, 1.165) is 64.8 Å². The molecule has 1 saturated carbocycles. The van der Waals surface area contributed by atoms with Crippen LogP contribution in [0.1, 0.15) is 38.5 Å². The van der Waals surface area contributed by atoms with E-state index in [1.54, 1.807) is 12.1 Å². The van der Waals surface area contributed by atoms with E-state index < -0.39 is 5.82 Å². The topological polar surface area (TPSA) is 59.4 Å². The van der Waals surface area contributed by atoms with Crippen molar-refractivity contribution in [1.29, 1.82) is 5.26 Å². The van der Waals surface area contributed by atoms with Gasteiger partial charge in [-0.05, 0) is 56.7 Å². The highest BCUT2D eigenvalue weighted by molar-refractivity contribution is 6.42. The molecule has 1 aromatic rings. The normalized spacial score (nSPS) is 22.9. The maximum Gasteiger partial charge on any atom is 0.234 e. The maximum absolute atomic E-state index is 14.4. The summed E-state index contributed by atoms with van der Waals surface area (Å²) in [6.45, 7) is 4.39. The Labute approximate surface area is 181 Å². The maximum atomic E-state index is 14.4. The summed E-state index contributed by atoms with van der Waals surface area (Å²) in [5.41, 5.74) is 0.524. The van der Waals surface area contributed by atoms with Crippen LogP contribution >= 0.6 is 23.2 Å². The molecule has 1 aliphatic heterocycles. The van der Waals surface area contributed by atoms with Gasteiger partial charge in [-0.2, -0.15) is 5.26 Å². The van der Waals surface area contributed by atoms with Gasteiger partial charge >= 0.3 is 0 Å². The first-order valence-electron chi connectivity index (χ1n) is 10.2. The molecule has 1 saturated heterocycles. The molecule has 29 heavy (non-hydrogen) atoms.